The molecule has 28 heavy (non-hydrogen) atoms. The second kappa shape index (κ2) is 7.23. The average Bonchev–Trinajstić information content (AvgIpc) is 3.06. The van der Waals surface area contributed by atoms with Gasteiger partial charge in [-0.25, -0.2) is 9.13 Å². The van der Waals surface area contributed by atoms with E-state index in [1.54, 1.807) is 0 Å². The van der Waals surface area contributed by atoms with Crippen LogP contribution in [-0.2, 0) is 22.7 Å². The molecule has 156 valence electrons. The van der Waals surface area contributed by atoms with Gasteiger partial charge in [-0.2, -0.15) is 14.0 Å². The van der Waals surface area contributed by atoms with Crippen molar-refractivity contribution in [1.29, 1.82) is 0 Å². The first-order valence-corrected chi connectivity index (χ1v) is 10.3. The zero-order valence-electron chi connectivity index (χ0n) is 13.5. The highest BCUT2D eigenvalue weighted by Crippen LogP contribution is 2.57. The molecule has 0 spiro atoms. The number of ether oxygens (including phenoxy) is 1. The van der Waals surface area contributed by atoms with Gasteiger partial charge >= 0.3 is 15.6 Å². The molecule has 3 heterocycles. The standard InChI is InChI=1S/C9H14N6O11P2/c10-9-11-6-3(7(18)12-9)13-14-15(6)8-5(17)4(16)2(25-8)1-24-28(22,23)26-27(19,20)21/h2,4-5,8,16-17H,1H2,(H,22,23)(H2,19,20,21)(H3,10,11,12,18)/t2-,4-,5-,8-/m1/s1. The first-order valence-electron chi connectivity index (χ1n) is 7.24. The third-order valence-corrected chi connectivity index (χ3v) is 5.69. The zero-order valence-corrected chi connectivity index (χ0v) is 15.3. The Morgan fingerprint density at radius 3 is 2.57 bits per heavy atom. The molecule has 0 aliphatic carbocycles. The number of anilines is 1. The molecule has 0 saturated carbocycles. The maximum absolute atomic E-state index is 11.8. The van der Waals surface area contributed by atoms with Gasteiger partial charge in [0.2, 0.25) is 5.95 Å². The molecule has 1 aliphatic heterocycles. The van der Waals surface area contributed by atoms with Gasteiger partial charge in [0.1, 0.15) is 18.3 Å². The van der Waals surface area contributed by atoms with Crippen molar-refractivity contribution < 1.29 is 47.6 Å². The molecule has 0 amide bonds. The Morgan fingerprint density at radius 1 is 1.25 bits per heavy atom. The van der Waals surface area contributed by atoms with Gasteiger partial charge in [0.05, 0.1) is 6.61 Å². The van der Waals surface area contributed by atoms with Crippen molar-refractivity contribution in [1.82, 2.24) is 25.0 Å². The summed E-state index contributed by atoms with van der Waals surface area (Å²) < 4.78 is 36.2. The lowest BCUT2D eigenvalue weighted by Gasteiger charge is -2.17. The van der Waals surface area contributed by atoms with Gasteiger partial charge in [0.25, 0.3) is 5.56 Å². The molecular formula is C9H14N6O11P2. The quantitative estimate of drug-likeness (QED) is 0.218. The smallest absolute Gasteiger partial charge is 0.387 e. The summed E-state index contributed by atoms with van der Waals surface area (Å²) in [5.41, 5.74) is 4.33. The van der Waals surface area contributed by atoms with Crippen LogP contribution >= 0.6 is 15.6 Å². The van der Waals surface area contributed by atoms with Gasteiger partial charge in [-0.05, 0) is 0 Å². The van der Waals surface area contributed by atoms with Gasteiger partial charge in [-0.1, -0.05) is 5.21 Å². The number of aromatic nitrogens is 5. The summed E-state index contributed by atoms with van der Waals surface area (Å²) in [6.45, 7) is -0.898. The molecule has 1 saturated heterocycles. The number of nitrogens with one attached hydrogen (secondary N) is 1. The Bertz CT molecular complexity index is 1030. The van der Waals surface area contributed by atoms with Crippen LogP contribution in [0.4, 0.5) is 5.95 Å². The van der Waals surface area contributed by atoms with Gasteiger partial charge in [-0.3, -0.25) is 14.3 Å². The number of nitrogens with zero attached hydrogens (tertiary/aromatic N) is 4. The fraction of sp³-hybridized carbons (Fsp3) is 0.556. The molecule has 0 bridgehead atoms. The molecule has 0 radical (unpaired) electrons. The number of fused-ring (bicyclic) bond motifs is 1. The molecule has 3 rings (SSSR count). The van der Waals surface area contributed by atoms with E-state index in [1.165, 1.54) is 0 Å². The van der Waals surface area contributed by atoms with E-state index in [9.17, 15) is 29.0 Å². The minimum atomic E-state index is -5.33. The number of rotatable bonds is 6. The third kappa shape index (κ3) is 4.28. The van der Waals surface area contributed by atoms with Gasteiger partial charge in [0, 0.05) is 0 Å². The number of H-pyrrole nitrogens is 1. The average molecular weight is 444 g/mol. The topological polar surface area (TPSA) is 265 Å². The molecule has 1 aliphatic rings. The molecule has 0 aromatic carbocycles. The normalized spacial score (nSPS) is 27.9. The molecular weight excluding hydrogens is 430 g/mol. The number of nitrogen functional groups attached to an aromatic ring is 1. The Morgan fingerprint density at radius 2 is 1.93 bits per heavy atom. The van der Waals surface area contributed by atoms with Crippen LogP contribution in [0, 0.1) is 0 Å². The van der Waals surface area contributed by atoms with Crippen LogP contribution in [0.1, 0.15) is 6.23 Å². The molecule has 17 nitrogen and oxygen atoms in total. The maximum atomic E-state index is 11.8. The van der Waals surface area contributed by atoms with E-state index in [2.05, 4.69) is 29.1 Å². The summed E-state index contributed by atoms with van der Waals surface area (Å²) >= 11 is 0. The van der Waals surface area contributed by atoms with Crippen molar-refractivity contribution in [2.45, 2.75) is 24.5 Å². The van der Waals surface area contributed by atoms with Crippen LogP contribution in [0.5, 0.6) is 0 Å². The Balaban J connectivity index is 1.79. The maximum Gasteiger partial charge on any atom is 0.481 e. The molecule has 2 aromatic heterocycles. The predicted molar refractivity (Wildman–Crippen MR) is 85.2 cm³/mol. The molecule has 8 N–H and O–H groups in total. The second-order valence-electron chi connectivity index (χ2n) is 5.54. The number of hydrogen-bond acceptors (Lipinski definition) is 12. The minimum absolute atomic E-state index is 0.170. The summed E-state index contributed by atoms with van der Waals surface area (Å²) in [7, 11) is -10.5. The van der Waals surface area contributed by atoms with Crippen molar-refractivity contribution in [3.8, 4) is 0 Å². The molecule has 1 fully saturated rings. The van der Waals surface area contributed by atoms with Crippen molar-refractivity contribution in [3.63, 3.8) is 0 Å². The highest BCUT2D eigenvalue weighted by molar-refractivity contribution is 7.60. The summed E-state index contributed by atoms with van der Waals surface area (Å²) in [6, 6.07) is 0. The van der Waals surface area contributed by atoms with E-state index >= 15 is 0 Å². The van der Waals surface area contributed by atoms with Crippen molar-refractivity contribution in [2.75, 3.05) is 12.3 Å². The summed E-state index contributed by atoms with van der Waals surface area (Å²) in [5.74, 6) is -0.273. The fourth-order valence-corrected chi connectivity index (χ4v) is 4.02. The Hall–Kier alpha value is -1.78. The third-order valence-electron chi connectivity index (χ3n) is 3.54. The van der Waals surface area contributed by atoms with Gasteiger partial charge < -0.3 is 35.4 Å². The summed E-state index contributed by atoms with van der Waals surface area (Å²) in [6.07, 6.45) is -6.23. The zero-order chi connectivity index (χ0) is 20.9. The van der Waals surface area contributed by atoms with E-state index in [1.807, 2.05) is 0 Å². The summed E-state index contributed by atoms with van der Waals surface area (Å²) in [4.78, 5) is 44.1. The Labute approximate surface area is 153 Å². The number of aliphatic hydroxyl groups excluding tert-OH is 2. The number of aliphatic hydroxyl groups is 2. The lowest BCUT2D eigenvalue weighted by molar-refractivity contribution is -0.0566. The number of nitrogens with two attached hydrogens (primary N) is 1. The van der Waals surface area contributed by atoms with Crippen molar-refractivity contribution in [2.24, 2.45) is 0 Å². The van der Waals surface area contributed by atoms with Crippen LogP contribution < -0.4 is 11.3 Å². The van der Waals surface area contributed by atoms with Crippen LogP contribution in [0.15, 0.2) is 4.79 Å². The van der Waals surface area contributed by atoms with E-state index in [-0.39, 0.29) is 17.1 Å². The van der Waals surface area contributed by atoms with Crippen LogP contribution in [0.25, 0.3) is 11.2 Å². The Kier molecular flexibility index (Phi) is 5.41. The first-order chi connectivity index (χ1) is 12.9. The summed E-state index contributed by atoms with van der Waals surface area (Å²) in [5, 5.41) is 27.4. The minimum Gasteiger partial charge on any atom is -0.387 e. The van der Waals surface area contributed by atoms with Crippen LogP contribution in [0.3, 0.4) is 0 Å². The highest BCUT2D eigenvalue weighted by Gasteiger charge is 2.46. The van der Waals surface area contributed by atoms with Gasteiger partial charge in [0.15, 0.2) is 17.4 Å². The van der Waals surface area contributed by atoms with E-state index in [0.29, 0.717) is 0 Å². The molecule has 5 atom stereocenters. The van der Waals surface area contributed by atoms with Crippen molar-refractivity contribution >= 4 is 32.8 Å². The lowest BCUT2D eigenvalue weighted by atomic mass is 10.1. The van der Waals surface area contributed by atoms with Gasteiger partial charge in [-0.15, -0.1) is 5.10 Å². The predicted octanol–water partition coefficient (Wildman–Crippen LogP) is -3.06. The largest absolute Gasteiger partial charge is 0.481 e. The fourth-order valence-electron chi connectivity index (χ4n) is 2.42. The number of hydrogen-bond donors (Lipinski definition) is 7. The number of aromatic amines is 1. The van der Waals surface area contributed by atoms with Crippen molar-refractivity contribution in [3.05, 3.63) is 10.4 Å². The highest BCUT2D eigenvalue weighted by atomic mass is 31.3. The van der Waals surface area contributed by atoms with E-state index < -0.39 is 52.4 Å². The monoisotopic (exact) mass is 444 g/mol. The lowest BCUT2D eigenvalue weighted by Crippen LogP contribution is -2.33. The second-order valence-corrected chi connectivity index (χ2v) is 8.37. The first kappa shape index (κ1) is 20.9. The van der Waals surface area contributed by atoms with E-state index in [4.69, 9.17) is 20.3 Å². The number of phosphoric ester groups is 1. The van der Waals surface area contributed by atoms with Crippen LogP contribution in [-0.4, -0.2) is 74.8 Å². The molecule has 1 unspecified atom stereocenters. The number of phosphoric acid groups is 2. The SMILES string of the molecule is Nc1nc2c(nnn2[C@@H]2O[C@H](COP(=O)(O)OP(=O)(O)O)[C@@H](O)[C@H]2O)c(=O)[nH]1. The molecule has 19 heteroatoms. The van der Waals surface area contributed by atoms with E-state index in [0.717, 1.165) is 4.68 Å². The molecule has 2 aromatic rings. The van der Waals surface area contributed by atoms with Crippen LogP contribution in [0.2, 0.25) is 0 Å².